The van der Waals surface area contributed by atoms with Crippen LogP contribution in [-0.2, 0) is 7.05 Å². The van der Waals surface area contributed by atoms with Crippen molar-refractivity contribution in [2.45, 2.75) is 6.04 Å². The van der Waals surface area contributed by atoms with Crippen LogP contribution < -0.4 is 10.1 Å². The molecule has 6 heteroatoms. The van der Waals surface area contributed by atoms with Gasteiger partial charge in [0.05, 0.1) is 24.6 Å². The summed E-state index contributed by atoms with van der Waals surface area (Å²) < 4.78 is 7.03. The third-order valence-corrected chi connectivity index (χ3v) is 3.68. The van der Waals surface area contributed by atoms with Crippen molar-refractivity contribution in [1.82, 2.24) is 20.1 Å². The molecule has 0 aliphatic rings. The first-order valence-corrected chi connectivity index (χ1v) is 7.52. The largest absolute Gasteiger partial charge is 0.496 e. The van der Waals surface area contributed by atoms with E-state index in [1.54, 1.807) is 31.2 Å². The molecular formula is C18H18N4O2. The zero-order chi connectivity index (χ0) is 16.9. The lowest BCUT2D eigenvalue weighted by Gasteiger charge is -2.20. The lowest BCUT2D eigenvalue weighted by Crippen LogP contribution is -2.30. The zero-order valence-electron chi connectivity index (χ0n) is 13.5. The van der Waals surface area contributed by atoms with Crippen molar-refractivity contribution in [2.75, 3.05) is 7.11 Å². The Morgan fingerprint density at radius 3 is 2.67 bits per heavy atom. The predicted molar refractivity (Wildman–Crippen MR) is 89.7 cm³/mol. The highest BCUT2D eigenvalue weighted by Gasteiger charge is 2.22. The van der Waals surface area contributed by atoms with Crippen LogP contribution >= 0.6 is 0 Å². The third-order valence-electron chi connectivity index (χ3n) is 3.68. The number of ether oxygens (including phenoxy) is 1. The quantitative estimate of drug-likeness (QED) is 0.783. The van der Waals surface area contributed by atoms with Gasteiger partial charge < -0.3 is 10.1 Å². The van der Waals surface area contributed by atoms with E-state index in [0.29, 0.717) is 11.3 Å². The van der Waals surface area contributed by atoms with E-state index in [1.165, 1.54) is 6.20 Å². The first-order valence-electron chi connectivity index (χ1n) is 7.52. The van der Waals surface area contributed by atoms with Crippen LogP contribution in [0.25, 0.3) is 0 Å². The van der Waals surface area contributed by atoms with E-state index >= 15 is 0 Å². The van der Waals surface area contributed by atoms with Crippen LogP contribution in [0.15, 0.2) is 61.1 Å². The van der Waals surface area contributed by atoms with Crippen LogP contribution in [0.5, 0.6) is 5.75 Å². The molecule has 0 fully saturated rings. The van der Waals surface area contributed by atoms with Crippen molar-refractivity contribution in [2.24, 2.45) is 7.05 Å². The molecule has 3 rings (SSSR count). The van der Waals surface area contributed by atoms with Crippen molar-refractivity contribution in [1.29, 1.82) is 0 Å². The Morgan fingerprint density at radius 1 is 1.21 bits per heavy atom. The van der Waals surface area contributed by atoms with Crippen LogP contribution in [0.1, 0.15) is 27.7 Å². The summed E-state index contributed by atoms with van der Waals surface area (Å²) in [5.41, 5.74) is 2.07. The summed E-state index contributed by atoms with van der Waals surface area (Å²) in [4.78, 5) is 17.0. The van der Waals surface area contributed by atoms with E-state index in [4.69, 9.17) is 4.74 Å². The van der Waals surface area contributed by atoms with Gasteiger partial charge in [-0.3, -0.25) is 14.5 Å². The summed E-state index contributed by atoms with van der Waals surface area (Å²) in [5, 5.41) is 7.06. The van der Waals surface area contributed by atoms with Crippen molar-refractivity contribution < 1.29 is 9.53 Å². The summed E-state index contributed by atoms with van der Waals surface area (Å²) >= 11 is 0. The molecule has 1 amide bonds. The molecule has 0 radical (unpaired) electrons. The number of benzene rings is 1. The predicted octanol–water partition coefficient (Wildman–Crippen LogP) is 2.34. The van der Waals surface area contributed by atoms with E-state index in [9.17, 15) is 4.79 Å². The molecule has 0 aliphatic heterocycles. The molecule has 1 atom stereocenters. The minimum Gasteiger partial charge on any atom is -0.496 e. The molecule has 3 aromatic rings. The standard InChI is InChI=1S/C18H18N4O2/c1-22-12-13(11-20-22)18(23)21-17(15-8-5-6-10-19-15)14-7-3-4-9-16(14)24-2/h3-12,17H,1-2H3,(H,21,23)/t17-/m1/s1. The maximum atomic E-state index is 12.6. The summed E-state index contributed by atoms with van der Waals surface area (Å²) in [5.74, 6) is 0.476. The molecule has 0 bridgehead atoms. The molecule has 2 aromatic heterocycles. The van der Waals surface area contributed by atoms with Gasteiger partial charge >= 0.3 is 0 Å². The van der Waals surface area contributed by atoms with E-state index in [2.05, 4.69) is 15.4 Å². The van der Waals surface area contributed by atoms with Crippen LogP contribution in [0.2, 0.25) is 0 Å². The number of hydrogen-bond donors (Lipinski definition) is 1. The lowest BCUT2D eigenvalue weighted by molar-refractivity contribution is 0.0942. The second-order valence-electron chi connectivity index (χ2n) is 5.31. The van der Waals surface area contributed by atoms with Crippen LogP contribution in [0.4, 0.5) is 0 Å². The average Bonchev–Trinajstić information content (AvgIpc) is 3.07. The molecule has 0 saturated heterocycles. The summed E-state index contributed by atoms with van der Waals surface area (Å²) in [6.45, 7) is 0. The van der Waals surface area contributed by atoms with Gasteiger partial charge in [0, 0.05) is 25.0 Å². The molecule has 0 saturated carbocycles. The normalized spacial score (nSPS) is 11.8. The fourth-order valence-corrected chi connectivity index (χ4v) is 2.52. The Labute approximate surface area is 140 Å². The summed E-state index contributed by atoms with van der Waals surface area (Å²) in [7, 11) is 3.38. The number of nitrogens with zero attached hydrogens (tertiary/aromatic N) is 3. The Hall–Kier alpha value is -3.15. The summed E-state index contributed by atoms with van der Waals surface area (Å²) in [6, 6.07) is 12.8. The number of rotatable bonds is 5. The Kier molecular flexibility index (Phi) is 4.56. The minimum atomic E-state index is -0.421. The first-order chi connectivity index (χ1) is 11.7. The number of methoxy groups -OCH3 is 1. The Balaban J connectivity index is 1.98. The first kappa shape index (κ1) is 15.7. The highest BCUT2D eigenvalue weighted by Crippen LogP contribution is 2.29. The molecule has 0 unspecified atom stereocenters. The average molecular weight is 322 g/mol. The van der Waals surface area contributed by atoms with Gasteiger partial charge in [-0.25, -0.2) is 0 Å². The maximum absolute atomic E-state index is 12.6. The highest BCUT2D eigenvalue weighted by molar-refractivity contribution is 5.94. The topological polar surface area (TPSA) is 69.0 Å². The van der Waals surface area contributed by atoms with E-state index in [0.717, 1.165) is 11.3 Å². The number of para-hydroxylation sites is 1. The second-order valence-corrected chi connectivity index (χ2v) is 5.31. The van der Waals surface area contributed by atoms with Crippen LogP contribution in [-0.4, -0.2) is 27.8 Å². The number of aromatic nitrogens is 3. The molecule has 6 nitrogen and oxygen atoms in total. The number of pyridine rings is 1. The third kappa shape index (κ3) is 3.27. The smallest absolute Gasteiger partial charge is 0.255 e. The Morgan fingerprint density at radius 2 is 2.00 bits per heavy atom. The number of amides is 1. The van der Waals surface area contributed by atoms with Crippen LogP contribution in [0, 0.1) is 0 Å². The van der Waals surface area contributed by atoms with E-state index in [1.807, 2.05) is 42.5 Å². The molecule has 0 spiro atoms. The summed E-state index contributed by atoms with van der Waals surface area (Å²) in [6.07, 6.45) is 4.91. The van der Waals surface area contributed by atoms with Crippen molar-refractivity contribution in [3.05, 3.63) is 77.9 Å². The SMILES string of the molecule is COc1ccccc1[C@@H](NC(=O)c1cnn(C)c1)c1ccccn1. The van der Waals surface area contributed by atoms with Gasteiger partial charge in [-0.15, -0.1) is 0 Å². The van der Waals surface area contributed by atoms with E-state index in [-0.39, 0.29) is 5.91 Å². The molecule has 1 N–H and O–H groups in total. The highest BCUT2D eigenvalue weighted by atomic mass is 16.5. The minimum absolute atomic E-state index is 0.218. The maximum Gasteiger partial charge on any atom is 0.255 e. The van der Waals surface area contributed by atoms with Gasteiger partial charge in [0.1, 0.15) is 11.8 Å². The van der Waals surface area contributed by atoms with Gasteiger partial charge in [0.25, 0.3) is 5.91 Å². The molecule has 2 heterocycles. The van der Waals surface area contributed by atoms with Gasteiger partial charge in [-0.1, -0.05) is 24.3 Å². The monoisotopic (exact) mass is 322 g/mol. The number of nitrogens with one attached hydrogen (secondary N) is 1. The lowest BCUT2D eigenvalue weighted by atomic mass is 10.0. The van der Waals surface area contributed by atoms with Crippen molar-refractivity contribution in [3.63, 3.8) is 0 Å². The zero-order valence-corrected chi connectivity index (χ0v) is 13.5. The van der Waals surface area contributed by atoms with E-state index < -0.39 is 6.04 Å². The number of hydrogen-bond acceptors (Lipinski definition) is 4. The molecule has 122 valence electrons. The molecular weight excluding hydrogens is 304 g/mol. The van der Waals surface area contributed by atoms with Gasteiger partial charge in [-0.05, 0) is 18.2 Å². The second kappa shape index (κ2) is 6.95. The van der Waals surface area contributed by atoms with Crippen LogP contribution in [0.3, 0.4) is 0 Å². The number of aryl methyl sites for hydroxylation is 1. The Bertz CT molecular complexity index is 830. The number of carbonyl (C=O) groups is 1. The molecule has 0 aliphatic carbocycles. The fourth-order valence-electron chi connectivity index (χ4n) is 2.52. The van der Waals surface area contributed by atoms with Gasteiger partial charge in [-0.2, -0.15) is 5.10 Å². The molecule has 24 heavy (non-hydrogen) atoms. The number of carbonyl (C=O) groups excluding carboxylic acids is 1. The van der Waals surface area contributed by atoms with Gasteiger partial charge in [0.15, 0.2) is 0 Å². The fraction of sp³-hybridized carbons (Fsp3) is 0.167. The molecule has 1 aromatic carbocycles. The van der Waals surface area contributed by atoms with Gasteiger partial charge in [0.2, 0.25) is 0 Å². The van der Waals surface area contributed by atoms with Crippen molar-refractivity contribution >= 4 is 5.91 Å². The van der Waals surface area contributed by atoms with Crippen molar-refractivity contribution in [3.8, 4) is 5.75 Å².